The van der Waals surface area contributed by atoms with Gasteiger partial charge >= 0.3 is 0 Å². The van der Waals surface area contributed by atoms with Crippen LogP contribution >= 0.6 is 11.6 Å². The highest BCUT2D eigenvalue weighted by Gasteiger charge is 2.22. The largest absolute Gasteiger partial charge is 0.502 e. The Morgan fingerprint density at radius 3 is 2.74 bits per heavy atom. The minimum Gasteiger partial charge on any atom is -0.502 e. The molecule has 1 aliphatic rings. The van der Waals surface area contributed by atoms with Crippen LogP contribution in [0.15, 0.2) is 45.8 Å². The molecule has 0 amide bonds. The zero-order valence-electron chi connectivity index (χ0n) is 12.6. The Morgan fingerprint density at radius 1 is 1.30 bits per heavy atom. The second-order valence-electron chi connectivity index (χ2n) is 5.62. The number of ether oxygens (including phenoxy) is 1. The number of piperidine rings is 1. The van der Waals surface area contributed by atoms with E-state index in [0.717, 1.165) is 37.9 Å². The molecule has 122 valence electrons. The number of halogens is 1. The Kier molecular flexibility index (Phi) is 4.88. The molecule has 1 saturated heterocycles. The van der Waals surface area contributed by atoms with Crippen LogP contribution in [0.5, 0.6) is 11.5 Å². The van der Waals surface area contributed by atoms with E-state index in [0.29, 0.717) is 17.3 Å². The lowest BCUT2D eigenvalue weighted by molar-refractivity contribution is 0.0925. The highest BCUT2D eigenvalue weighted by molar-refractivity contribution is 6.32. The minimum atomic E-state index is -0.414. The molecule has 1 fully saturated rings. The van der Waals surface area contributed by atoms with Crippen LogP contribution in [0.25, 0.3) is 0 Å². The van der Waals surface area contributed by atoms with E-state index in [1.807, 2.05) is 24.3 Å². The molecule has 6 heteroatoms. The molecule has 0 radical (unpaired) electrons. The zero-order valence-corrected chi connectivity index (χ0v) is 13.3. The molecule has 2 heterocycles. The molecule has 2 aromatic rings. The third-order valence-electron chi connectivity index (χ3n) is 3.91. The first-order chi connectivity index (χ1) is 11.1. The molecule has 0 aliphatic carbocycles. The topological polar surface area (TPSA) is 62.9 Å². The molecule has 0 spiro atoms. The predicted molar refractivity (Wildman–Crippen MR) is 87.0 cm³/mol. The third kappa shape index (κ3) is 4.06. The predicted octanol–water partition coefficient (Wildman–Crippen LogP) is 3.04. The van der Waals surface area contributed by atoms with E-state index in [1.165, 1.54) is 6.07 Å². The Hall–Kier alpha value is -1.98. The maximum atomic E-state index is 11.4. The van der Waals surface area contributed by atoms with E-state index in [2.05, 4.69) is 4.90 Å². The number of rotatable bonds is 4. The summed E-state index contributed by atoms with van der Waals surface area (Å²) in [6.07, 6.45) is 2.99. The molecule has 5 nitrogen and oxygen atoms in total. The van der Waals surface area contributed by atoms with E-state index in [1.54, 1.807) is 0 Å². The molecule has 1 aromatic carbocycles. The molecular formula is C17H18ClNO4. The fourth-order valence-electron chi connectivity index (χ4n) is 2.65. The number of hydrogen-bond acceptors (Lipinski definition) is 5. The maximum Gasteiger partial charge on any atom is 0.226 e. The van der Waals surface area contributed by atoms with Gasteiger partial charge in [0.25, 0.3) is 0 Å². The van der Waals surface area contributed by atoms with Gasteiger partial charge in [-0.3, -0.25) is 9.69 Å². The van der Waals surface area contributed by atoms with Crippen LogP contribution in [0.3, 0.4) is 0 Å². The molecule has 1 aromatic heterocycles. The highest BCUT2D eigenvalue weighted by atomic mass is 35.5. The first-order valence-electron chi connectivity index (χ1n) is 7.56. The Bertz CT molecular complexity index is 723. The van der Waals surface area contributed by atoms with Crippen molar-refractivity contribution in [2.75, 3.05) is 13.1 Å². The van der Waals surface area contributed by atoms with Crippen molar-refractivity contribution in [2.24, 2.45) is 0 Å². The summed E-state index contributed by atoms with van der Waals surface area (Å²) in [5.41, 5.74) is -0.414. The Morgan fingerprint density at radius 2 is 2.04 bits per heavy atom. The van der Waals surface area contributed by atoms with Crippen LogP contribution in [0.1, 0.15) is 18.6 Å². The van der Waals surface area contributed by atoms with E-state index < -0.39 is 5.43 Å². The molecule has 0 atom stereocenters. The van der Waals surface area contributed by atoms with E-state index in [-0.39, 0.29) is 11.9 Å². The minimum absolute atomic E-state index is 0.137. The van der Waals surface area contributed by atoms with Crippen LogP contribution in [0.2, 0.25) is 5.02 Å². The fourth-order valence-corrected chi connectivity index (χ4v) is 2.83. The number of benzene rings is 1. The van der Waals surface area contributed by atoms with Crippen LogP contribution in [-0.4, -0.2) is 29.2 Å². The Balaban J connectivity index is 1.53. The number of likely N-dealkylation sites (tertiary alicyclic amines) is 1. The van der Waals surface area contributed by atoms with E-state index in [4.69, 9.17) is 20.8 Å². The van der Waals surface area contributed by atoms with Gasteiger partial charge in [0.15, 0.2) is 5.75 Å². The lowest BCUT2D eigenvalue weighted by atomic mass is 10.1. The first-order valence-corrected chi connectivity index (χ1v) is 7.94. The molecule has 1 aliphatic heterocycles. The lowest BCUT2D eigenvalue weighted by Gasteiger charge is -2.31. The second-order valence-corrected chi connectivity index (χ2v) is 6.03. The average Bonchev–Trinajstić information content (AvgIpc) is 2.55. The van der Waals surface area contributed by atoms with Crippen molar-refractivity contribution >= 4 is 11.6 Å². The Labute approximate surface area is 139 Å². The SMILES string of the molecule is O=c1cc(CN2CCC(Oc3ccccc3Cl)CC2)occ1O. The highest BCUT2D eigenvalue weighted by Crippen LogP contribution is 2.27. The number of nitrogens with zero attached hydrogens (tertiary/aromatic N) is 1. The summed E-state index contributed by atoms with van der Waals surface area (Å²) in [6, 6.07) is 8.81. The second kappa shape index (κ2) is 7.06. The van der Waals surface area contributed by atoms with Gasteiger partial charge < -0.3 is 14.3 Å². The van der Waals surface area contributed by atoms with Crippen molar-refractivity contribution in [1.82, 2.24) is 4.90 Å². The van der Waals surface area contributed by atoms with Crippen molar-refractivity contribution in [2.45, 2.75) is 25.5 Å². The van der Waals surface area contributed by atoms with Gasteiger partial charge in [-0.1, -0.05) is 23.7 Å². The van der Waals surface area contributed by atoms with Crippen molar-refractivity contribution in [3.8, 4) is 11.5 Å². The van der Waals surface area contributed by atoms with Crippen LogP contribution in [-0.2, 0) is 6.54 Å². The van der Waals surface area contributed by atoms with Crippen molar-refractivity contribution in [1.29, 1.82) is 0 Å². The summed E-state index contributed by atoms with van der Waals surface area (Å²) >= 11 is 6.11. The maximum absolute atomic E-state index is 11.4. The smallest absolute Gasteiger partial charge is 0.226 e. The van der Waals surface area contributed by atoms with Gasteiger partial charge in [-0.05, 0) is 25.0 Å². The zero-order chi connectivity index (χ0) is 16.2. The normalized spacial score (nSPS) is 16.4. The molecule has 23 heavy (non-hydrogen) atoms. The van der Waals surface area contributed by atoms with Crippen molar-refractivity contribution in [3.63, 3.8) is 0 Å². The van der Waals surface area contributed by atoms with Gasteiger partial charge in [-0.2, -0.15) is 0 Å². The first kappa shape index (κ1) is 15.9. The monoisotopic (exact) mass is 335 g/mol. The number of para-hydroxylation sites is 1. The van der Waals surface area contributed by atoms with E-state index in [9.17, 15) is 9.90 Å². The van der Waals surface area contributed by atoms with Crippen LogP contribution < -0.4 is 10.2 Å². The summed E-state index contributed by atoms with van der Waals surface area (Å²) in [7, 11) is 0. The summed E-state index contributed by atoms with van der Waals surface area (Å²) < 4.78 is 11.2. The summed E-state index contributed by atoms with van der Waals surface area (Å²) in [5, 5.41) is 9.83. The summed E-state index contributed by atoms with van der Waals surface area (Å²) in [6.45, 7) is 2.24. The van der Waals surface area contributed by atoms with Crippen molar-refractivity contribution in [3.05, 3.63) is 57.6 Å². The molecule has 0 unspecified atom stereocenters. The quantitative estimate of drug-likeness (QED) is 0.930. The summed E-state index contributed by atoms with van der Waals surface area (Å²) in [5.74, 6) is 0.913. The van der Waals surface area contributed by atoms with E-state index >= 15 is 0 Å². The lowest BCUT2D eigenvalue weighted by Crippen LogP contribution is -2.37. The van der Waals surface area contributed by atoms with Crippen LogP contribution in [0.4, 0.5) is 0 Å². The molecule has 1 N–H and O–H groups in total. The molecule has 0 saturated carbocycles. The molecular weight excluding hydrogens is 318 g/mol. The number of hydrogen-bond donors (Lipinski definition) is 1. The standard InChI is InChI=1S/C17H18ClNO4/c18-14-3-1-2-4-17(14)23-12-5-7-19(8-6-12)10-13-9-15(20)16(21)11-22-13/h1-4,9,11-12,21H,5-8,10H2. The van der Waals surface area contributed by atoms with Gasteiger partial charge in [0.05, 0.1) is 11.6 Å². The van der Waals surface area contributed by atoms with Gasteiger partial charge in [0.2, 0.25) is 5.43 Å². The molecule has 3 rings (SSSR count). The van der Waals surface area contributed by atoms with Crippen molar-refractivity contribution < 1.29 is 14.3 Å². The van der Waals surface area contributed by atoms with Gasteiger partial charge in [0.1, 0.15) is 23.9 Å². The average molecular weight is 336 g/mol. The van der Waals surface area contributed by atoms with Gasteiger partial charge in [-0.25, -0.2) is 0 Å². The fraction of sp³-hybridized carbons (Fsp3) is 0.353. The summed E-state index contributed by atoms with van der Waals surface area (Å²) in [4.78, 5) is 13.6. The van der Waals surface area contributed by atoms with Crippen LogP contribution in [0, 0.1) is 0 Å². The molecule has 0 bridgehead atoms. The van der Waals surface area contributed by atoms with Gasteiger partial charge in [-0.15, -0.1) is 0 Å². The third-order valence-corrected chi connectivity index (χ3v) is 4.22. The van der Waals surface area contributed by atoms with Gasteiger partial charge in [0, 0.05) is 19.2 Å². The number of aromatic hydroxyl groups is 1.